The van der Waals surface area contributed by atoms with Crippen LogP contribution in [0.15, 0.2) is 12.1 Å². The number of benzene rings is 1. The van der Waals surface area contributed by atoms with Crippen molar-refractivity contribution in [1.82, 2.24) is 15.2 Å². The molecule has 1 amide bonds. The number of hydrogen-bond acceptors (Lipinski definition) is 5. The van der Waals surface area contributed by atoms with Crippen LogP contribution < -0.4 is 5.32 Å². The standard InChI is InChI=1S/C12H13N5O3/c1-6-4-7(2)10(17(19)20)5-9(6)14-12(18)11-13-8(3)15-16-11/h4-5H,1-3H3,(H,14,18)(H,13,15,16). The van der Waals surface area contributed by atoms with E-state index in [1.807, 2.05) is 0 Å². The van der Waals surface area contributed by atoms with Crippen molar-refractivity contribution in [3.05, 3.63) is 45.0 Å². The molecule has 20 heavy (non-hydrogen) atoms. The van der Waals surface area contributed by atoms with E-state index in [9.17, 15) is 14.9 Å². The number of anilines is 1. The molecule has 0 spiro atoms. The summed E-state index contributed by atoms with van der Waals surface area (Å²) < 4.78 is 0. The van der Waals surface area contributed by atoms with E-state index in [4.69, 9.17) is 0 Å². The van der Waals surface area contributed by atoms with Crippen LogP contribution >= 0.6 is 0 Å². The predicted molar refractivity (Wildman–Crippen MR) is 71.6 cm³/mol. The van der Waals surface area contributed by atoms with Gasteiger partial charge in [0.05, 0.1) is 10.6 Å². The fourth-order valence-electron chi connectivity index (χ4n) is 1.79. The van der Waals surface area contributed by atoms with Crippen molar-refractivity contribution < 1.29 is 9.72 Å². The summed E-state index contributed by atoms with van der Waals surface area (Å²) in [6.45, 7) is 5.08. The van der Waals surface area contributed by atoms with Gasteiger partial charge in [0.2, 0.25) is 5.82 Å². The summed E-state index contributed by atoms with van der Waals surface area (Å²) in [6, 6.07) is 2.99. The summed E-state index contributed by atoms with van der Waals surface area (Å²) in [5.74, 6) is -0.0116. The number of aromatic amines is 1. The number of amides is 1. The molecule has 1 heterocycles. The van der Waals surface area contributed by atoms with Gasteiger partial charge in [-0.15, -0.1) is 5.10 Å². The van der Waals surface area contributed by atoms with Gasteiger partial charge in [0.15, 0.2) is 0 Å². The fourth-order valence-corrected chi connectivity index (χ4v) is 1.79. The van der Waals surface area contributed by atoms with Crippen LogP contribution in [0.25, 0.3) is 0 Å². The van der Waals surface area contributed by atoms with E-state index in [0.29, 0.717) is 17.1 Å². The van der Waals surface area contributed by atoms with Crippen LogP contribution in [0.3, 0.4) is 0 Å². The first-order valence-corrected chi connectivity index (χ1v) is 5.84. The third-order valence-electron chi connectivity index (χ3n) is 2.79. The first-order valence-electron chi connectivity index (χ1n) is 5.84. The quantitative estimate of drug-likeness (QED) is 0.655. The third kappa shape index (κ3) is 2.63. The molecule has 8 heteroatoms. The normalized spacial score (nSPS) is 10.3. The number of aromatic nitrogens is 3. The Morgan fingerprint density at radius 2 is 2.00 bits per heavy atom. The van der Waals surface area contributed by atoms with E-state index in [0.717, 1.165) is 5.56 Å². The summed E-state index contributed by atoms with van der Waals surface area (Å²) in [7, 11) is 0. The maximum absolute atomic E-state index is 11.9. The lowest BCUT2D eigenvalue weighted by Crippen LogP contribution is -2.15. The summed E-state index contributed by atoms with van der Waals surface area (Å²) >= 11 is 0. The van der Waals surface area contributed by atoms with Gasteiger partial charge in [0, 0.05) is 11.6 Å². The molecule has 8 nitrogen and oxygen atoms in total. The minimum Gasteiger partial charge on any atom is -0.319 e. The van der Waals surface area contributed by atoms with Crippen LogP contribution in [-0.2, 0) is 0 Å². The minimum absolute atomic E-state index is 0.00914. The van der Waals surface area contributed by atoms with Crippen molar-refractivity contribution in [2.24, 2.45) is 0 Å². The molecule has 0 fully saturated rings. The van der Waals surface area contributed by atoms with E-state index in [-0.39, 0.29) is 11.5 Å². The van der Waals surface area contributed by atoms with Crippen molar-refractivity contribution in [3.8, 4) is 0 Å². The highest BCUT2D eigenvalue weighted by atomic mass is 16.6. The zero-order valence-corrected chi connectivity index (χ0v) is 11.2. The smallest absolute Gasteiger partial charge is 0.295 e. The molecule has 0 aliphatic carbocycles. The van der Waals surface area contributed by atoms with E-state index < -0.39 is 10.8 Å². The molecular weight excluding hydrogens is 262 g/mol. The number of carbonyl (C=O) groups excluding carboxylic acids is 1. The first-order chi connectivity index (χ1) is 9.38. The lowest BCUT2D eigenvalue weighted by molar-refractivity contribution is -0.385. The molecule has 0 saturated heterocycles. The van der Waals surface area contributed by atoms with Crippen LogP contribution in [-0.4, -0.2) is 26.0 Å². The molecule has 2 rings (SSSR count). The number of nitrogens with one attached hydrogen (secondary N) is 2. The van der Waals surface area contributed by atoms with Crippen LogP contribution in [0.5, 0.6) is 0 Å². The van der Waals surface area contributed by atoms with Crippen molar-refractivity contribution in [2.45, 2.75) is 20.8 Å². The van der Waals surface area contributed by atoms with Gasteiger partial charge in [-0.25, -0.2) is 4.98 Å². The number of nitrogens with zero attached hydrogens (tertiary/aromatic N) is 3. The van der Waals surface area contributed by atoms with Crippen molar-refractivity contribution in [1.29, 1.82) is 0 Å². The van der Waals surface area contributed by atoms with E-state index in [1.165, 1.54) is 6.07 Å². The van der Waals surface area contributed by atoms with Crippen LogP contribution in [0.4, 0.5) is 11.4 Å². The fraction of sp³-hybridized carbons (Fsp3) is 0.250. The Morgan fingerprint density at radius 1 is 1.30 bits per heavy atom. The molecule has 2 N–H and O–H groups in total. The second kappa shape index (κ2) is 5.08. The lowest BCUT2D eigenvalue weighted by atomic mass is 10.1. The lowest BCUT2D eigenvalue weighted by Gasteiger charge is -2.08. The van der Waals surface area contributed by atoms with Crippen molar-refractivity contribution >= 4 is 17.3 Å². The topological polar surface area (TPSA) is 114 Å². The van der Waals surface area contributed by atoms with Gasteiger partial charge >= 0.3 is 0 Å². The Hall–Kier alpha value is -2.77. The monoisotopic (exact) mass is 275 g/mol. The second-order valence-corrected chi connectivity index (χ2v) is 4.41. The Kier molecular flexibility index (Phi) is 3.47. The van der Waals surface area contributed by atoms with Gasteiger partial charge in [0.25, 0.3) is 11.6 Å². The van der Waals surface area contributed by atoms with E-state index in [2.05, 4.69) is 20.5 Å². The number of nitro benzene ring substituents is 1. The summed E-state index contributed by atoms with van der Waals surface area (Å²) in [5, 5.41) is 19.8. The molecule has 2 aromatic rings. The number of H-pyrrole nitrogens is 1. The zero-order valence-electron chi connectivity index (χ0n) is 11.2. The summed E-state index contributed by atoms with van der Waals surface area (Å²) in [4.78, 5) is 26.2. The van der Waals surface area contributed by atoms with Gasteiger partial charge in [-0.1, -0.05) is 0 Å². The van der Waals surface area contributed by atoms with E-state index in [1.54, 1.807) is 26.8 Å². The number of aryl methyl sites for hydroxylation is 3. The molecule has 0 bridgehead atoms. The SMILES string of the molecule is Cc1nc(C(=O)Nc2cc([N+](=O)[O-])c(C)cc2C)n[nH]1. The summed E-state index contributed by atoms with van der Waals surface area (Å²) in [5.41, 5.74) is 1.60. The Morgan fingerprint density at radius 3 is 2.55 bits per heavy atom. The Balaban J connectivity index is 2.31. The Labute approximate surface area is 114 Å². The molecule has 0 saturated carbocycles. The highest BCUT2D eigenvalue weighted by Crippen LogP contribution is 2.26. The van der Waals surface area contributed by atoms with Gasteiger partial charge in [0.1, 0.15) is 5.82 Å². The highest BCUT2D eigenvalue weighted by Gasteiger charge is 2.17. The molecule has 1 aromatic heterocycles. The largest absolute Gasteiger partial charge is 0.319 e. The molecule has 0 atom stereocenters. The molecular formula is C12H13N5O3. The van der Waals surface area contributed by atoms with Gasteiger partial charge < -0.3 is 5.32 Å². The maximum Gasteiger partial charge on any atom is 0.295 e. The number of carbonyl (C=O) groups is 1. The zero-order chi connectivity index (χ0) is 14.9. The number of hydrogen-bond donors (Lipinski definition) is 2. The summed E-state index contributed by atoms with van der Waals surface area (Å²) in [6.07, 6.45) is 0. The second-order valence-electron chi connectivity index (χ2n) is 4.41. The Bertz CT molecular complexity index is 692. The molecule has 1 aromatic carbocycles. The average Bonchev–Trinajstić information content (AvgIpc) is 2.79. The van der Waals surface area contributed by atoms with Crippen LogP contribution in [0, 0.1) is 30.9 Å². The first kappa shape index (κ1) is 13.7. The van der Waals surface area contributed by atoms with E-state index >= 15 is 0 Å². The third-order valence-corrected chi connectivity index (χ3v) is 2.79. The number of nitro groups is 1. The highest BCUT2D eigenvalue weighted by molar-refractivity contribution is 6.02. The minimum atomic E-state index is -0.518. The molecule has 0 unspecified atom stereocenters. The molecule has 0 radical (unpaired) electrons. The van der Waals surface area contributed by atoms with Gasteiger partial charge in [-0.2, -0.15) is 0 Å². The van der Waals surface area contributed by atoms with Gasteiger partial charge in [-0.05, 0) is 32.4 Å². The van der Waals surface area contributed by atoms with Crippen LogP contribution in [0.2, 0.25) is 0 Å². The molecule has 0 aliphatic rings. The molecule has 104 valence electrons. The number of rotatable bonds is 3. The maximum atomic E-state index is 11.9. The predicted octanol–water partition coefficient (Wildman–Crippen LogP) is 1.89. The average molecular weight is 275 g/mol. The van der Waals surface area contributed by atoms with Crippen LogP contribution in [0.1, 0.15) is 27.6 Å². The molecule has 0 aliphatic heterocycles. The van der Waals surface area contributed by atoms with Crippen molar-refractivity contribution in [3.63, 3.8) is 0 Å². The van der Waals surface area contributed by atoms with Gasteiger partial charge in [-0.3, -0.25) is 20.0 Å². The van der Waals surface area contributed by atoms with Crippen molar-refractivity contribution in [2.75, 3.05) is 5.32 Å².